The maximum absolute atomic E-state index is 2.39. The van der Waals surface area contributed by atoms with E-state index in [4.69, 9.17) is 0 Å². The van der Waals surface area contributed by atoms with Crippen LogP contribution >= 0.6 is 0 Å². The van der Waals surface area contributed by atoms with E-state index in [0.717, 1.165) is 51.9 Å². The molecule has 3 aromatic carbocycles. The average Bonchev–Trinajstić information content (AvgIpc) is 2.85. The molecule has 2 nitrogen and oxygen atoms in total. The Balaban J connectivity index is 1.48. The maximum Gasteiger partial charge on any atom is 0.0366 e. The van der Waals surface area contributed by atoms with Crippen molar-refractivity contribution >= 4 is 11.4 Å². The van der Waals surface area contributed by atoms with Crippen molar-refractivity contribution in [2.24, 2.45) is 0 Å². The second-order valence-corrected chi connectivity index (χ2v) is 8.49. The van der Waals surface area contributed by atoms with Crippen LogP contribution in [0, 0.1) is 0 Å². The summed E-state index contributed by atoms with van der Waals surface area (Å²) in [5, 5.41) is 0. The molecule has 0 fully saturated rings. The zero-order chi connectivity index (χ0) is 22.8. The number of hydrogen-bond donors (Lipinski definition) is 0. The van der Waals surface area contributed by atoms with Crippen molar-refractivity contribution in [3.8, 4) is 0 Å². The summed E-state index contributed by atoms with van der Waals surface area (Å²) in [6, 6.07) is 27.4. The molecule has 0 aliphatic rings. The van der Waals surface area contributed by atoms with Crippen molar-refractivity contribution < 1.29 is 0 Å². The molecular formula is C30H40N2. The summed E-state index contributed by atoms with van der Waals surface area (Å²) in [4.78, 5) is 4.78. The molecule has 0 amide bonds. The highest BCUT2D eigenvalue weighted by molar-refractivity contribution is 5.48. The van der Waals surface area contributed by atoms with Crippen molar-refractivity contribution in [1.82, 2.24) is 0 Å². The minimum Gasteiger partial charge on any atom is -0.372 e. The van der Waals surface area contributed by atoms with Gasteiger partial charge in [0.05, 0.1) is 0 Å². The van der Waals surface area contributed by atoms with Gasteiger partial charge in [0.1, 0.15) is 0 Å². The molecule has 0 aromatic heterocycles. The van der Waals surface area contributed by atoms with E-state index in [0.29, 0.717) is 0 Å². The van der Waals surface area contributed by atoms with E-state index >= 15 is 0 Å². The third-order valence-electron chi connectivity index (χ3n) is 6.56. The molecule has 3 aromatic rings. The van der Waals surface area contributed by atoms with E-state index in [1.54, 1.807) is 0 Å². The first-order chi connectivity index (χ1) is 15.7. The molecule has 0 atom stereocenters. The molecule has 0 heterocycles. The summed E-state index contributed by atoms with van der Waals surface area (Å²) in [6.07, 6.45) is 4.38. The van der Waals surface area contributed by atoms with Gasteiger partial charge in [-0.2, -0.15) is 0 Å². The molecule has 0 bridgehead atoms. The van der Waals surface area contributed by atoms with Crippen LogP contribution in [0.3, 0.4) is 0 Å². The predicted molar refractivity (Wildman–Crippen MR) is 141 cm³/mol. The third kappa shape index (κ3) is 6.63. The maximum atomic E-state index is 2.39. The lowest BCUT2D eigenvalue weighted by atomic mass is 10.00. The third-order valence-corrected chi connectivity index (χ3v) is 6.56. The molecular weight excluding hydrogens is 388 g/mol. The zero-order valence-electron chi connectivity index (χ0n) is 20.5. The first kappa shape index (κ1) is 23.9. The molecule has 32 heavy (non-hydrogen) atoms. The lowest BCUT2D eigenvalue weighted by Crippen LogP contribution is -2.21. The molecule has 170 valence electrons. The SMILES string of the molecule is CCN(CC)c1ccc(CCc2ccc(CCc3ccc(N(CC)CC)cc3)cc2)cc1. The van der Waals surface area contributed by atoms with Gasteiger partial charge >= 0.3 is 0 Å². The van der Waals surface area contributed by atoms with Crippen molar-refractivity contribution in [2.45, 2.75) is 53.4 Å². The molecule has 0 saturated heterocycles. The first-order valence-electron chi connectivity index (χ1n) is 12.4. The Morgan fingerprint density at radius 3 is 0.812 bits per heavy atom. The van der Waals surface area contributed by atoms with Crippen LogP contribution in [0.1, 0.15) is 49.9 Å². The highest BCUT2D eigenvalue weighted by Crippen LogP contribution is 2.18. The molecule has 0 radical (unpaired) electrons. The normalized spacial score (nSPS) is 10.9. The van der Waals surface area contributed by atoms with Crippen LogP contribution in [-0.4, -0.2) is 26.2 Å². The van der Waals surface area contributed by atoms with Gasteiger partial charge in [-0.3, -0.25) is 0 Å². The summed E-state index contributed by atoms with van der Waals surface area (Å²) in [6.45, 7) is 13.1. The lowest BCUT2D eigenvalue weighted by Gasteiger charge is -2.21. The van der Waals surface area contributed by atoms with E-state index in [1.165, 1.54) is 33.6 Å². The molecule has 0 unspecified atom stereocenters. The summed E-state index contributed by atoms with van der Waals surface area (Å²) < 4.78 is 0. The van der Waals surface area contributed by atoms with E-state index in [-0.39, 0.29) is 0 Å². The topological polar surface area (TPSA) is 6.48 Å². The molecule has 0 saturated carbocycles. The van der Waals surface area contributed by atoms with Gasteiger partial charge in [-0.25, -0.2) is 0 Å². The molecule has 3 rings (SSSR count). The Labute approximate surface area is 195 Å². The van der Waals surface area contributed by atoms with Crippen molar-refractivity contribution in [3.05, 3.63) is 95.1 Å². The molecule has 0 aliphatic carbocycles. The lowest BCUT2D eigenvalue weighted by molar-refractivity contribution is 0.864. The van der Waals surface area contributed by atoms with Gasteiger partial charge in [0.25, 0.3) is 0 Å². The van der Waals surface area contributed by atoms with Gasteiger partial charge in [-0.15, -0.1) is 0 Å². The molecule has 0 spiro atoms. The van der Waals surface area contributed by atoms with Gasteiger partial charge in [-0.1, -0.05) is 48.5 Å². The van der Waals surface area contributed by atoms with Crippen LogP contribution < -0.4 is 9.80 Å². The highest BCUT2D eigenvalue weighted by Gasteiger charge is 2.04. The van der Waals surface area contributed by atoms with E-state index in [1.807, 2.05) is 0 Å². The number of hydrogen-bond acceptors (Lipinski definition) is 2. The Kier molecular flexibility index (Phi) is 9.22. The average molecular weight is 429 g/mol. The summed E-state index contributed by atoms with van der Waals surface area (Å²) in [7, 11) is 0. The van der Waals surface area contributed by atoms with Crippen LogP contribution in [-0.2, 0) is 25.7 Å². The number of benzene rings is 3. The Morgan fingerprint density at radius 2 is 0.594 bits per heavy atom. The van der Waals surface area contributed by atoms with Crippen LogP contribution in [0.15, 0.2) is 72.8 Å². The smallest absolute Gasteiger partial charge is 0.0366 e. The highest BCUT2D eigenvalue weighted by atomic mass is 15.1. The van der Waals surface area contributed by atoms with Crippen LogP contribution in [0.25, 0.3) is 0 Å². The monoisotopic (exact) mass is 428 g/mol. The van der Waals surface area contributed by atoms with Gasteiger partial charge in [0.2, 0.25) is 0 Å². The fourth-order valence-electron chi connectivity index (χ4n) is 4.37. The largest absolute Gasteiger partial charge is 0.372 e. The number of nitrogens with zero attached hydrogens (tertiary/aromatic N) is 2. The van der Waals surface area contributed by atoms with E-state index in [2.05, 4.69) is 110 Å². The molecule has 2 heteroatoms. The first-order valence-corrected chi connectivity index (χ1v) is 12.4. The van der Waals surface area contributed by atoms with E-state index in [9.17, 15) is 0 Å². The predicted octanol–water partition coefficient (Wildman–Crippen LogP) is 6.95. The van der Waals surface area contributed by atoms with Crippen LogP contribution in [0.5, 0.6) is 0 Å². The Bertz CT molecular complexity index is 824. The number of anilines is 2. The fourth-order valence-corrected chi connectivity index (χ4v) is 4.37. The summed E-state index contributed by atoms with van der Waals surface area (Å²) in [5.74, 6) is 0. The van der Waals surface area contributed by atoms with Gasteiger partial charge in [0.15, 0.2) is 0 Å². The Hall–Kier alpha value is -2.74. The second-order valence-electron chi connectivity index (χ2n) is 8.49. The van der Waals surface area contributed by atoms with Gasteiger partial charge in [-0.05, 0) is 99.9 Å². The quantitative estimate of drug-likeness (QED) is 0.308. The van der Waals surface area contributed by atoms with Gasteiger partial charge < -0.3 is 9.80 Å². The van der Waals surface area contributed by atoms with E-state index < -0.39 is 0 Å². The zero-order valence-corrected chi connectivity index (χ0v) is 20.5. The van der Waals surface area contributed by atoms with Crippen molar-refractivity contribution in [3.63, 3.8) is 0 Å². The Morgan fingerprint density at radius 1 is 0.375 bits per heavy atom. The molecule has 0 aliphatic heterocycles. The summed E-state index contributed by atoms with van der Waals surface area (Å²) in [5.41, 5.74) is 8.32. The number of rotatable bonds is 12. The number of aryl methyl sites for hydroxylation is 4. The standard InChI is InChI=1S/C30H40N2/c1-5-31(6-2)29-21-17-27(18-22-29)15-13-25-9-11-26(12-10-25)14-16-28-19-23-30(24-20-28)32(7-3)8-4/h9-12,17-24H,5-8,13-16H2,1-4H3. The molecule has 0 N–H and O–H groups in total. The second kappa shape index (κ2) is 12.3. The summed E-state index contributed by atoms with van der Waals surface area (Å²) >= 11 is 0. The fraction of sp³-hybridized carbons (Fsp3) is 0.400. The minimum atomic E-state index is 1.06. The van der Waals surface area contributed by atoms with Crippen molar-refractivity contribution in [2.75, 3.05) is 36.0 Å². The van der Waals surface area contributed by atoms with Crippen molar-refractivity contribution in [1.29, 1.82) is 0 Å². The minimum absolute atomic E-state index is 1.06. The van der Waals surface area contributed by atoms with Gasteiger partial charge in [0, 0.05) is 37.6 Å². The van der Waals surface area contributed by atoms with Crippen LogP contribution in [0.2, 0.25) is 0 Å². The van der Waals surface area contributed by atoms with Crippen LogP contribution in [0.4, 0.5) is 11.4 Å².